The van der Waals surface area contributed by atoms with Crippen LogP contribution in [-0.2, 0) is 6.42 Å². The van der Waals surface area contributed by atoms with E-state index in [9.17, 15) is 9.90 Å². The average Bonchev–Trinajstić information content (AvgIpc) is 2.72. The van der Waals surface area contributed by atoms with Crippen molar-refractivity contribution in [3.05, 3.63) is 40.2 Å². The summed E-state index contributed by atoms with van der Waals surface area (Å²) in [6, 6.07) is 6.84. The Morgan fingerprint density at radius 2 is 2.00 bits per heavy atom. The predicted molar refractivity (Wildman–Crippen MR) is 66.9 cm³/mol. The van der Waals surface area contributed by atoms with E-state index in [-0.39, 0.29) is 11.7 Å². The van der Waals surface area contributed by atoms with Crippen molar-refractivity contribution >= 4 is 11.0 Å². The van der Waals surface area contributed by atoms with Gasteiger partial charge in [-0.25, -0.2) is 4.79 Å². The van der Waals surface area contributed by atoms with Crippen molar-refractivity contribution in [1.82, 2.24) is 0 Å². The third-order valence-corrected chi connectivity index (χ3v) is 3.30. The summed E-state index contributed by atoms with van der Waals surface area (Å²) in [5.74, 6) is 0.684. The number of hydrogen-bond donors (Lipinski definition) is 1. The molecule has 2 aromatic rings. The zero-order valence-corrected chi connectivity index (χ0v) is 10.3. The molecule has 0 saturated carbocycles. The molecule has 0 aliphatic carbocycles. The summed E-state index contributed by atoms with van der Waals surface area (Å²) >= 11 is 0. The van der Waals surface area contributed by atoms with Crippen LogP contribution in [-0.4, -0.2) is 16.8 Å². The van der Waals surface area contributed by atoms with Gasteiger partial charge in [0.1, 0.15) is 17.4 Å². The molecule has 0 saturated heterocycles. The van der Waals surface area contributed by atoms with E-state index in [1.165, 1.54) is 6.07 Å². The van der Waals surface area contributed by atoms with Crippen molar-refractivity contribution in [2.45, 2.75) is 32.0 Å². The summed E-state index contributed by atoms with van der Waals surface area (Å²) in [6.45, 7) is 3.42. The highest BCUT2D eigenvalue weighted by molar-refractivity contribution is 5.82. The van der Waals surface area contributed by atoms with Gasteiger partial charge in [0.15, 0.2) is 0 Å². The van der Waals surface area contributed by atoms with E-state index in [4.69, 9.17) is 9.15 Å². The Hall–Kier alpha value is -1.81. The van der Waals surface area contributed by atoms with Gasteiger partial charge in [-0.2, -0.15) is 0 Å². The van der Waals surface area contributed by atoms with Crippen LogP contribution in [0.4, 0.5) is 0 Å². The van der Waals surface area contributed by atoms with E-state index in [0.717, 1.165) is 10.9 Å². The fourth-order valence-electron chi connectivity index (χ4n) is 2.25. The molecule has 0 unspecified atom stereocenters. The molecule has 0 fully saturated rings. The van der Waals surface area contributed by atoms with Crippen molar-refractivity contribution in [2.75, 3.05) is 0 Å². The molecular weight excluding hydrogens is 232 g/mol. The summed E-state index contributed by atoms with van der Waals surface area (Å²) in [6.07, 6.45) is 0.229. The lowest BCUT2D eigenvalue weighted by Gasteiger charge is -2.24. The van der Waals surface area contributed by atoms with Gasteiger partial charge in [-0.15, -0.1) is 0 Å². The molecule has 0 amide bonds. The molecule has 4 heteroatoms. The summed E-state index contributed by atoms with van der Waals surface area (Å²) < 4.78 is 11.0. The van der Waals surface area contributed by atoms with E-state index in [1.54, 1.807) is 19.9 Å². The molecule has 94 valence electrons. The first kappa shape index (κ1) is 11.3. The highest BCUT2D eigenvalue weighted by atomic mass is 16.5. The third kappa shape index (κ3) is 1.69. The fraction of sp³-hybridized carbons (Fsp3) is 0.357. The van der Waals surface area contributed by atoms with Gasteiger partial charge >= 0.3 is 5.63 Å². The highest BCUT2D eigenvalue weighted by Gasteiger charge is 2.36. The highest BCUT2D eigenvalue weighted by Crippen LogP contribution is 2.37. The van der Waals surface area contributed by atoms with Gasteiger partial charge in [0.05, 0.1) is 5.60 Å². The lowest BCUT2D eigenvalue weighted by Crippen LogP contribution is -2.39. The molecular formula is C14H14O4. The minimum atomic E-state index is -0.930. The maximum absolute atomic E-state index is 11.3. The van der Waals surface area contributed by atoms with Crippen LogP contribution in [0, 0.1) is 0 Å². The second-order valence-corrected chi connectivity index (χ2v) is 5.18. The first-order valence-electron chi connectivity index (χ1n) is 5.90. The smallest absolute Gasteiger partial charge is 0.336 e. The maximum Gasteiger partial charge on any atom is 0.336 e. The molecule has 1 atom stereocenters. The van der Waals surface area contributed by atoms with Gasteiger partial charge in [-0.05, 0) is 32.0 Å². The normalized spacial score (nSPS) is 18.7. The Morgan fingerprint density at radius 1 is 1.28 bits per heavy atom. The zero-order chi connectivity index (χ0) is 12.9. The molecule has 18 heavy (non-hydrogen) atoms. The van der Waals surface area contributed by atoms with Crippen LogP contribution in [0.1, 0.15) is 19.4 Å². The molecule has 1 aromatic carbocycles. The number of benzene rings is 1. The first-order valence-corrected chi connectivity index (χ1v) is 5.90. The van der Waals surface area contributed by atoms with E-state index in [2.05, 4.69) is 0 Å². The molecule has 0 bridgehead atoms. The Morgan fingerprint density at radius 3 is 2.72 bits per heavy atom. The number of fused-ring (bicyclic) bond motifs is 3. The quantitative estimate of drug-likeness (QED) is 0.780. The molecule has 1 aromatic heterocycles. The molecule has 0 radical (unpaired) electrons. The fourth-order valence-corrected chi connectivity index (χ4v) is 2.25. The topological polar surface area (TPSA) is 59.7 Å². The summed E-state index contributed by atoms with van der Waals surface area (Å²) in [5.41, 5.74) is 0.118. The van der Waals surface area contributed by atoms with Crippen molar-refractivity contribution in [3.8, 4) is 5.75 Å². The van der Waals surface area contributed by atoms with Crippen LogP contribution in [0.2, 0.25) is 0 Å². The minimum absolute atomic E-state index is 0.316. The first-order chi connectivity index (χ1) is 8.45. The second kappa shape index (κ2) is 3.59. The third-order valence-electron chi connectivity index (χ3n) is 3.30. The number of rotatable bonds is 1. The summed E-state index contributed by atoms with van der Waals surface area (Å²) in [4.78, 5) is 11.3. The number of aliphatic hydroxyl groups is 1. The van der Waals surface area contributed by atoms with E-state index < -0.39 is 5.60 Å². The van der Waals surface area contributed by atoms with E-state index in [1.807, 2.05) is 12.1 Å². The standard InChI is InChI=1S/C14H14O4/c1-14(2,16)11-7-9-10(17-11)5-3-8-4-6-12(15)18-13(8)9/h3-6,11,16H,7H2,1-2H3/t11-/m0/s1. The zero-order valence-electron chi connectivity index (χ0n) is 10.3. The van der Waals surface area contributed by atoms with E-state index in [0.29, 0.717) is 17.8 Å². The molecule has 2 heterocycles. The average molecular weight is 246 g/mol. The molecule has 0 spiro atoms. The summed E-state index contributed by atoms with van der Waals surface area (Å²) in [7, 11) is 0. The monoisotopic (exact) mass is 246 g/mol. The van der Waals surface area contributed by atoms with Gasteiger partial charge in [0.2, 0.25) is 0 Å². The van der Waals surface area contributed by atoms with Gasteiger partial charge in [-0.3, -0.25) is 0 Å². The Kier molecular flexibility index (Phi) is 2.25. The van der Waals surface area contributed by atoms with Crippen LogP contribution in [0.15, 0.2) is 33.5 Å². The maximum atomic E-state index is 11.3. The van der Waals surface area contributed by atoms with Crippen molar-refractivity contribution in [2.24, 2.45) is 0 Å². The summed E-state index contributed by atoms with van der Waals surface area (Å²) in [5, 5.41) is 10.9. The number of hydrogen-bond acceptors (Lipinski definition) is 4. The molecule has 3 rings (SSSR count). The van der Waals surface area contributed by atoms with E-state index >= 15 is 0 Å². The molecule has 1 N–H and O–H groups in total. The number of ether oxygens (including phenoxy) is 1. The van der Waals surface area contributed by atoms with Crippen LogP contribution >= 0.6 is 0 Å². The molecule has 1 aliphatic heterocycles. The Labute approximate surface area is 104 Å². The van der Waals surface area contributed by atoms with Crippen LogP contribution in [0.3, 0.4) is 0 Å². The Bertz CT molecular complexity index is 664. The van der Waals surface area contributed by atoms with Gasteiger partial charge in [0, 0.05) is 23.4 Å². The predicted octanol–water partition coefficient (Wildman–Crippen LogP) is 1.87. The van der Waals surface area contributed by atoms with Crippen LogP contribution < -0.4 is 10.4 Å². The van der Waals surface area contributed by atoms with Crippen molar-refractivity contribution < 1.29 is 14.3 Å². The van der Waals surface area contributed by atoms with Crippen molar-refractivity contribution in [1.29, 1.82) is 0 Å². The SMILES string of the molecule is CC(C)(O)[C@@H]1Cc2c(ccc3ccc(=O)oc23)O1. The Balaban J connectivity index is 2.16. The minimum Gasteiger partial charge on any atom is -0.487 e. The second-order valence-electron chi connectivity index (χ2n) is 5.18. The van der Waals surface area contributed by atoms with Crippen LogP contribution in [0.25, 0.3) is 11.0 Å². The van der Waals surface area contributed by atoms with Crippen LogP contribution in [0.5, 0.6) is 5.75 Å². The van der Waals surface area contributed by atoms with Gasteiger partial charge in [0.25, 0.3) is 0 Å². The van der Waals surface area contributed by atoms with Gasteiger partial charge < -0.3 is 14.3 Å². The molecule has 1 aliphatic rings. The lowest BCUT2D eigenvalue weighted by atomic mass is 9.96. The van der Waals surface area contributed by atoms with Crippen molar-refractivity contribution in [3.63, 3.8) is 0 Å². The van der Waals surface area contributed by atoms with Gasteiger partial charge in [-0.1, -0.05) is 0 Å². The lowest BCUT2D eigenvalue weighted by molar-refractivity contribution is -0.0229. The molecule has 4 nitrogen and oxygen atoms in total. The largest absolute Gasteiger partial charge is 0.487 e.